The first-order chi connectivity index (χ1) is 8.67. The molecule has 0 saturated carbocycles. The summed E-state index contributed by atoms with van der Waals surface area (Å²) in [5, 5.41) is 2.73. The quantitative estimate of drug-likeness (QED) is 0.696. The predicted molar refractivity (Wildman–Crippen MR) is 68.5 cm³/mol. The SMILES string of the molecule is COCCOc1ccc(NC(=O)C(C)CN)cn1. The lowest BCUT2D eigenvalue weighted by molar-refractivity contribution is -0.119. The number of hydrogen-bond donors (Lipinski definition) is 2. The molecular weight excluding hydrogens is 234 g/mol. The Morgan fingerprint density at radius 2 is 2.28 bits per heavy atom. The third-order valence-electron chi connectivity index (χ3n) is 2.34. The van der Waals surface area contributed by atoms with Crippen molar-refractivity contribution in [3.8, 4) is 5.88 Å². The highest BCUT2D eigenvalue weighted by Gasteiger charge is 2.10. The van der Waals surface area contributed by atoms with Crippen LogP contribution in [0.1, 0.15) is 6.92 Å². The first kappa shape index (κ1) is 14.4. The summed E-state index contributed by atoms with van der Waals surface area (Å²) in [6.45, 7) is 3.04. The predicted octanol–water partition coefficient (Wildman–Crippen LogP) is 0.640. The summed E-state index contributed by atoms with van der Waals surface area (Å²) in [5.41, 5.74) is 6.03. The number of carbonyl (C=O) groups is 1. The van der Waals surface area contributed by atoms with E-state index in [4.69, 9.17) is 15.2 Å². The molecule has 1 amide bonds. The zero-order valence-corrected chi connectivity index (χ0v) is 10.7. The van der Waals surface area contributed by atoms with E-state index in [0.29, 0.717) is 31.3 Å². The van der Waals surface area contributed by atoms with E-state index >= 15 is 0 Å². The zero-order valence-electron chi connectivity index (χ0n) is 10.7. The molecule has 100 valence electrons. The second-order valence-corrected chi connectivity index (χ2v) is 3.85. The third kappa shape index (κ3) is 4.68. The van der Waals surface area contributed by atoms with Crippen LogP contribution in [0.5, 0.6) is 5.88 Å². The van der Waals surface area contributed by atoms with Gasteiger partial charge in [0.25, 0.3) is 0 Å². The van der Waals surface area contributed by atoms with Crippen LogP contribution in [0.25, 0.3) is 0 Å². The Labute approximate surface area is 106 Å². The molecule has 0 saturated heterocycles. The lowest BCUT2D eigenvalue weighted by Crippen LogP contribution is -2.26. The fraction of sp³-hybridized carbons (Fsp3) is 0.500. The van der Waals surface area contributed by atoms with Gasteiger partial charge in [0.05, 0.1) is 18.5 Å². The van der Waals surface area contributed by atoms with Gasteiger partial charge in [-0.15, -0.1) is 0 Å². The maximum Gasteiger partial charge on any atom is 0.228 e. The number of aromatic nitrogens is 1. The Bertz CT molecular complexity index is 367. The number of rotatable bonds is 7. The second-order valence-electron chi connectivity index (χ2n) is 3.85. The van der Waals surface area contributed by atoms with Gasteiger partial charge in [-0.25, -0.2) is 4.98 Å². The average molecular weight is 253 g/mol. The van der Waals surface area contributed by atoms with Crippen LogP contribution in [0.15, 0.2) is 18.3 Å². The van der Waals surface area contributed by atoms with Crippen molar-refractivity contribution in [3.63, 3.8) is 0 Å². The van der Waals surface area contributed by atoms with Crippen molar-refractivity contribution in [3.05, 3.63) is 18.3 Å². The highest BCUT2D eigenvalue weighted by Crippen LogP contribution is 2.12. The van der Waals surface area contributed by atoms with Crippen molar-refractivity contribution in [2.24, 2.45) is 11.7 Å². The van der Waals surface area contributed by atoms with E-state index < -0.39 is 0 Å². The number of anilines is 1. The summed E-state index contributed by atoms with van der Waals surface area (Å²) >= 11 is 0. The molecule has 0 spiro atoms. The van der Waals surface area contributed by atoms with Gasteiger partial charge in [-0.2, -0.15) is 0 Å². The standard InChI is InChI=1S/C12H19N3O3/c1-9(7-13)12(16)15-10-3-4-11(14-8-10)18-6-5-17-2/h3-4,8-9H,5-7,13H2,1-2H3,(H,15,16). The van der Waals surface area contributed by atoms with Crippen LogP contribution in [0, 0.1) is 5.92 Å². The van der Waals surface area contributed by atoms with Crippen LogP contribution in [0.4, 0.5) is 5.69 Å². The van der Waals surface area contributed by atoms with E-state index in [1.165, 1.54) is 0 Å². The van der Waals surface area contributed by atoms with Crippen molar-refractivity contribution in [2.45, 2.75) is 6.92 Å². The zero-order chi connectivity index (χ0) is 13.4. The minimum atomic E-state index is -0.220. The molecular formula is C12H19N3O3. The Hall–Kier alpha value is -1.66. The molecule has 1 aromatic heterocycles. The number of nitrogens with one attached hydrogen (secondary N) is 1. The van der Waals surface area contributed by atoms with E-state index in [1.54, 1.807) is 32.4 Å². The normalized spacial score (nSPS) is 11.9. The molecule has 0 aliphatic carbocycles. The van der Waals surface area contributed by atoms with Crippen LogP contribution in [0.2, 0.25) is 0 Å². The summed E-state index contributed by atoms with van der Waals surface area (Å²) in [6.07, 6.45) is 1.54. The molecule has 0 bridgehead atoms. The minimum absolute atomic E-state index is 0.118. The Balaban J connectivity index is 2.47. The van der Waals surface area contributed by atoms with E-state index in [2.05, 4.69) is 10.3 Å². The number of methoxy groups -OCH3 is 1. The number of pyridine rings is 1. The second kappa shape index (κ2) is 7.62. The summed E-state index contributed by atoms with van der Waals surface area (Å²) in [6, 6.07) is 3.43. The number of nitrogens with two attached hydrogens (primary N) is 1. The van der Waals surface area contributed by atoms with Gasteiger partial charge in [0.15, 0.2) is 0 Å². The van der Waals surface area contributed by atoms with Crippen molar-refractivity contribution in [1.29, 1.82) is 0 Å². The molecule has 0 fully saturated rings. The molecule has 1 unspecified atom stereocenters. The molecule has 6 nitrogen and oxygen atoms in total. The Morgan fingerprint density at radius 3 is 2.83 bits per heavy atom. The molecule has 0 aromatic carbocycles. The maximum atomic E-state index is 11.6. The molecule has 1 heterocycles. The van der Waals surface area contributed by atoms with Crippen LogP contribution in [0.3, 0.4) is 0 Å². The van der Waals surface area contributed by atoms with E-state index in [-0.39, 0.29) is 11.8 Å². The number of carbonyl (C=O) groups excluding carboxylic acids is 1. The van der Waals surface area contributed by atoms with Crippen molar-refractivity contribution < 1.29 is 14.3 Å². The minimum Gasteiger partial charge on any atom is -0.475 e. The lowest BCUT2D eigenvalue weighted by Gasteiger charge is -2.10. The molecule has 3 N–H and O–H groups in total. The maximum absolute atomic E-state index is 11.6. The van der Waals surface area contributed by atoms with Crippen molar-refractivity contribution in [1.82, 2.24) is 4.98 Å². The molecule has 1 rings (SSSR count). The molecule has 6 heteroatoms. The molecule has 0 aliphatic heterocycles. The fourth-order valence-corrected chi connectivity index (χ4v) is 1.14. The van der Waals surface area contributed by atoms with Gasteiger partial charge in [-0.3, -0.25) is 4.79 Å². The van der Waals surface area contributed by atoms with Crippen LogP contribution < -0.4 is 15.8 Å². The first-order valence-corrected chi connectivity index (χ1v) is 5.76. The highest BCUT2D eigenvalue weighted by molar-refractivity contribution is 5.92. The van der Waals surface area contributed by atoms with Crippen LogP contribution in [-0.2, 0) is 9.53 Å². The van der Waals surface area contributed by atoms with Gasteiger partial charge >= 0.3 is 0 Å². The van der Waals surface area contributed by atoms with Gasteiger partial charge in [-0.05, 0) is 6.07 Å². The van der Waals surface area contributed by atoms with Gasteiger partial charge in [0.1, 0.15) is 6.61 Å². The average Bonchev–Trinajstić information content (AvgIpc) is 2.40. The Kier molecular flexibility index (Phi) is 6.10. The van der Waals surface area contributed by atoms with Gasteiger partial charge < -0.3 is 20.5 Å². The molecule has 1 atom stereocenters. The Morgan fingerprint density at radius 1 is 1.50 bits per heavy atom. The molecule has 0 aliphatic rings. The summed E-state index contributed by atoms with van der Waals surface area (Å²) in [4.78, 5) is 15.6. The first-order valence-electron chi connectivity index (χ1n) is 5.76. The third-order valence-corrected chi connectivity index (χ3v) is 2.34. The summed E-state index contributed by atoms with van der Waals surface area (Å²) < 4.78 is 10.2. The molecule has 18 heavy (non-hydrogen) atoms. The smallest absolute Gasteiger partial charge is 0.228 e. The van der Waals surface area contributed by atoms with Crippen molar-refractivity contribution >= 4 is 11.6 Å². The molecule has 1 aromatic rings. The van der Waals surface area contributed by atoms with Gasteiger partial charge in [0.2, 0.25) is 11.8 Å². The highest BCUT2D eigenvalue weighted by atomic mass is 16.5. The van der Waals surface area contributed by atoms with E-state index in [9.17, 15) is 4.79 Å². The molecule has 0 radical (unpaired) electrons. The van der Waals surface area contributed by atoms with Crippen molar-refractivity contribution in [2.75, 3.05) is 32.2 Å². The number of amides is 1. The fourth-order valence-electron chi connectivity index (χ4n) is 1.14. The van der Waals surface area contributed by atoms with Crippen LogP contribution in [-0.4, -0.2) is 37.8 Å². The lowest BCUT2D eigenvalue weighted by atomic mass is 10.1. The topological polar surface area (TPSA) is 86.5 Å². The summed E-state index contributed by atoms with van der Waals surface area (Å²) in [5.74, 6) is 0.159. The number of ether oxygens (including phenoxy) is 2. The van der Waals surface area contributed by atoms with Gasteiger partial charge in [0, 0.05) is 25.6 Å². The summed E-state index contributed by atoms with van der Waals surface area (Å²) in [7, 11) is 1.61. The van der Waals surface area contributed by atoms with E-state index in [0.717, 1.165) is 0 Å². The number of nitrogens with zero attached hydrogens (tertiary/aromatic N) is 1. The van der Waals surface area contributed by atoms with Gasteiger partial charge in [-0.1, -0.05) is 6.92 Å². The van der Waals surface area contributed by atoms with Crippen LogP contribution >= 0.6 is 0 Å². The largest absolute Gasteiger partial charge is 0.475 e. The van der Waals surface area contributed by atoms with E-state index in [1.807, 2.05) is 0 Å². The monoisotopic (exact) mass is 253 g/mol. The number of hydrogen-bond acceptors (Lipinski definition) is 5.